The standard InChI is InChI=1S/C36H43N/c1-4-12-26(13-5-1)29-22-24-33-31(29)18-10-20-35(33)37(28-16-8-3-9-17-28)36-21-11-19-32-30(23-25-34(32)36)27-14-6-2-7-15-27/h1-9,12-17,29-36H,10-11,18-25H2. The van der Waals surface area contributed by atoms with Gasteiger partial charge in [-0.3, -0.25) is 0 Å². The third-order valence-corrected chi connectivity index (χ3v) is 11.0. The maximum atomic E-state index is 3.04. The first-order valence-electron chi connectivity index (χ1n) is 15.3. The molecular weight excluding hydrogens is 446 g/mol. The third-order valence-electron chi connectivity index (χ3n) is 11.0. The van der Waals surface area contributed by atoms with Crippen molar-refractivity contribution in [3.8, 4) is 0 Å². The Balaban J connectivity index is 1.21. The molecule has 7 rings (SSSR count). The fourth-order valence-corrected chi connectivity index (χ4v) is 9.68. The predicted octanol–water partition coefficient (Wildman–Crippen LogP) is 9.22. The van der Waals surface area contributed by atoms with Crippen molar-refractivity contribution >= 4 is 5.69 Å². The minimum absolute atomic E-state index is 0.703. The van der Waals surface area contributed by atoms with Crippen molar-refractivity contribution < 1.29 is 0 Å². The predicted molar refractivity (Wildman–Crippen MR) is 155 cm³/mol. The molecule has 0 spiro atoms. The molecule has 37 heavy (non-hydrogen) atoms. The van der Waals surface area contributed by atoms with Gasteiger partial charge in [-0.05, 0) is 110 Å². The van der Waals surface area contributed by atoms with Crippen LogP contribution in [0.1, 0.15) is 87.2 Å². The van der Waals surface area contributed by atoms with E-state index in [1.54, 1.807) is 11.1 Å². The van der Waals surface area contributed by atoms with Crippen molar-refractivity contribution in [2.45, 2.75) is 88.1 Å². The quantitative estimate of drug-likeness (QED) is 0.345. The Morgan fingerprint density at radius 1 is 0.405 bits per heavy atom. The average Bonchev–Trinajstić information content (AvgIpc) is 3.61. The van der Waals surface area contributed by atoms with Gasteiger partial charge >= 0.3 is 0 Å². The van der Waals surface area contributed by atoms with Crippen LogP contribution in [-0.2, 0) is 0 Å². The summed E-state index contributed by atoms with van der Waals surface area (Å²) in [7, 11) is 0. The zero-order valence-corrected chi connectivity index (χ0v) is 22.3. The molecule has 0 bridgehead atoms. The van der Waals surface area contributed by atoms with Crippen molar-refractivity contribution in [2.24, 2.45) is 23.7 Å². The first kappa shape index (κ1) is 23.6. The molecule has 8 atom stereocenters. The van der Waals surface area contributed by atoms with Gasteiger partial charge in [-0.1, -0.05) is 91.7 Å². The molecule has 4 aliphatic carbocycles. The van der Waals surface area contributed by atoms with Crippen LogP contribution >= 0.6 is 0 Å². The Hall–Kier alpha value is -2.54. The van der Waals surface area contributed by atoms with E-state index < -0.39 is 0 Å². The highest BCUT2D eigenvalue weighted by Crippen LogP contribution is 2.56. The Morgan fingerprint density at radius 2 is 0.838 bits per heavy atom. The van der Waals surface area contributed by atoms with Gasteiger partial charge in [-0.2, -0.15) is 0 Å². The monoisotopic (exact) mass is 489 g/mol. The van der Waals surface area contributed by atoms with Crippen LogP contribution < -0.4 is 4.90 Å². The number of fused-ring (bicyclic) bond motifs is 2. The van der Waals surface area contributed by atoms with Crippen molar-refractivity contribution in [3.63, 3.8) is 0 Å². The van der Waals surface area contributed by atoms with Gasteiger partial charge in [0.2, 0.25) is 0 Å². The van der Waals surface area contributed by atoms with E-state index in [4.69, 9.17) is 0 Å². The largest absolute Gasteiger partial charge is 0.365 e. The molecule has 3 aromatic carbocycles. The van der Waals surface area contributed by atoms with Crippen LogP contribution in [0.15, 0.2) is 91.0 Å². The highest BCUT2D eigenvalue weighted by Gasteiger charge is 2.50. The molecule has 3 aromatic rings. The fraction of sp³-hybridized carbons (Fsp3) is 0.500. The lowest BCUT2D eigenvalue weighted by Crippen LogP contribution is -2.54. The van der Waals surface area contributed by atoms with Gasteiger partial charge < -0.3 is 4.90 Å². The third kappa shape index (κ3) is 4.33. The number of para-hydroxylation sites is 1. The summed E-state index contributed by atoms with van der Waals surface area (Å²) in [6.45, 7) is 0. The molecule has 4 saturated carbocycles. The normalized spacial score (nSPS) is 35.0. The highest BCUT2D eigenvalue weighted by molar-refractivity contribution is 5.49. The van der Waals surface area contributed by atoms with Gasteiger partial charge in [0, 0.05) is 17.8 Å². The average molecular weight is 490 g/mol. The van der Waals surface area contributed by atoms with Crippen LogP contribution in [0.4, 0.5) is 5.69 Å². The number of anilines is 1. The topological polar surface area (TPSA) is 3.24 Å². The van der Waals surface area contributed by atoms with E-state index in [2.05, 4.69) is 95.9 Å². The number of hydrogen-bond acceptors (Lipinski definition) is 1. The smallest absolute Gasteiger partial charge is 0.0371 e. The van der Waals surface area contributed by atoms with E-state index in [-0.39, 0.29) is 0 Å². The van der Waals surface area contributed by atoms with E-state index in [0.29, 0.717) is 12.1 Å². The highest BCUT2D eigenvalue weighted by atomic mass is 15.2. The molecule has 0 heterocycles. The van der Waals surface area contributed by atoms with Gasteiger partial charge in [0.05, 0.1) is 0 Å². The van der Waals surface area contributed by atoms with Gasteiger partial charge in [0.25, 0.3) is 0 Å². The summed E-state index contributed by atoms with van der Waals surface area (Å²) >= 11 is 0. The van der Waals surface area contributed by atoms with Gasteiger partial charge in [-0.15, -0.1) is 0 Å². The second-order valence-corrected chi connectivity index (χ2v) is 12.6. The molecule has 1 heteroatoms. The molecule has 0 N–H and O–H groups in total. The summed E-state index contributed by atoms with van der Waals surface area (Å²) in [5.41, 5.74) is 4.70. The van der Waals surface area contributed by atoms with Crippen molar-refractivity contribution in [3.05, 3.63) is 102 Å². The molecule has 0 saturated heterocycles. The Labute approximate surface area is 224 Å². The SMILES string of the molecule is c1ccc(C2CCC3C2CCCC3N(c2ccccc2)C2CCCC3C(c4ccccc4)CCC32)cc1. The van der Waals surface area contributed by atoms with Crippen LogP contribution in [0, 0.1) is 23.7 Å². The summed E-state index contributed by atoms with van der Waals surface area (Å²) in [6, 6.07) is 36.0. The molecular formula is C36H43N. The number of nitrogens with zero attached hydrogens (tertiary/aromatic N) is 1. The fourth-order valence-electron chi connectivity index (χ4n) is 9.68. The van der Waals surface area contributed by atoms with E-state index in [0.717, 1.165) is 35.5 Å². The van der Waals surface area contributed by atoms with Gasteiger partial charge in [0.15, 0.2) is 0 Å². The van der Waals surface area contributed by atoms with Crippen LogP contribution in [-0.4, -0.2) is 12.1 Å². The summed E-state index contributed by atoms with van der Waals surface area (Å²) in [4.78, 5) is 3.04. The minimum atomic E-state index is 0.703. The van der Waals surface area contributed by atoms with Crippen LogP contribution in [0.5, 0.6) is 0 Å². The molecule has 192 valence electrons. The van der Waals surface area contributed by atoms with Gasteiger partial charge in [-0.25, -0.2) is 0 Å². The Morgan fingerprint density at radius 3 is 1.30 bits per heavy atom. The molecule has 0 aliphatic heterocycles. The number of benzene rings is 3. The first-order valence-corrected chi connectivity index (χ1v) is 15.3. The van der Waals surface area contributed by atoms with Gasteiger partial charge in [0.1, 0.15) is 0 Å². The summed E-state index contributed by atoms with van der Waals surface area (Å²) < 4.78 is 0. The zero-order chi connectivity index (χ0) is 24.6. The molecule has 0 amide bonds. The number of hydrogen-bond donors (Lipinski definition) is 0. The lowest BCUT2D eigenvalue weighted by Gasteiger charge is -2.51. The lowest BCUT2D eigenvalue weighted by atomic mass is 9.69. The molecule has 0 aromatic heterocycles. The van der Waals surface area contributed by atoms with Crippen molar-refractivity contribution in [1.29, 1.82) is 0 Å². The van der Waals surface area contributed by atoms with Crippen LogP contribution in [0.3, 0.4) is 0 Å². The molecule has 8 unspecified atom stereocenters. The molecule has 1 nitrogen and oxygen atoms in total. The molecule has 0 radical (unpaired) electrons. The zero-order valence-electron chi connectivity index (χ0n) is 22.3. The second kappa shape index (κ2) is 10.3. The summed E-state index contributed by atoms with van der Waals surface area (Å²) in [5, 5.41) is 0. The first-order chi connectivity index (χ1) is 18.4. The Bertz CT molecular complexity index is 1070. The summed E-state index contributed by atoms with van der Waals surface area (Å²) in [6.07, 6.45) is 14.0. The maximum absolute atomic E-state index is 3.04. The minimum Gasteiger partial charge on any atom is -0.365 e. The van der Waals surface area contributed by atoms with Crippen LogP contribution in [0.2, 0.25) is 0 Å². The van der Waals surface area contributed by atoms with Crippen LogP contribution in [0.25, 0.3) is 0 Å². The van der Waals surface area contributed by atoms with Crippen molar-refractivity contribution in [1.82, 2.24) is 0 Å². The Kier molecular flexibility index (Phi) is 6.57. The van der Waals surface area contributed by atoms with E-state index >= 15 is 0 Å². The summed E-state index contributed by atoms with van der Waals surface area (Å²) in [5.74, 6) is 4.91. The second-order valence-electron chi connectivity index (χ2n) is 12.6. The lowest BCUT2D eigenvalue weighted by molar-refractivity contribution is 0.163. The van der Waals surface area contributed by atoms with Crippen molar-refractivity contribution in [2.75, 3.05) is 4.90 Å². The van der Waals surface area contributed by atoms with E-state index in [1.165, 1.54) is 69.9 Å². The molecule has 4 aliphatic rings. The van der Waals surface area contributed by atoms with E-state index in [9.17, 15) is 0 Å². The number of rotatable bonds is 5. The molecule has 4 fully saturated rings. The maximum Gasteiger partial charge on any atom is 0.0371 e. The van der Waals surface area contributed by atoms with E-state index in [1.807, 2.05) is 0 Å².